The number of morpholine rings is 1. The Hall–Kier alpha value is -2.14. The van der Waals surface area contributed by atoms with Crippen LogP contribution in [0.1, 0.15) is 19.7 Å². The molecule has 4 rings (SSSR count). The van der Waals surface area contributed by atoms with Gasteiger partial charge in [-0.15, -0.1) is 0 Å². The number of fused-ring (bicyclic) bond motifs is 3. The van der Waals surface area contributed by atoms with Crippen LogP contribution < -0.4 is 4.90 Å². The van der Waals surface area contributed by atoms with E-state index < -0.39 is 0 Å². The van der Waals surface area contributed by atoms with Crippen molar-refractivity contribution in [3.8, 4) is 0 Å². The standard InChI is InChI=1S/C17H19N3O2/c1-10-8-20(9-11(2)21-10)17-16-15(18-12(3)19-17)13-6-4-5-7-14(13)22-16/h4-7,10-11H,8-9H2,1-3H3/t10-,11-/m1/s1. The summed E-state index contributed by atoms with van der Waals surface area (Å²) in [5.41, 5.74) is 2.52. The zero-order valence-corrected chi connectivity index (χ0v) is 13.0. The number of ether oxygens (including phenoxy) is 1. The number of rotatable bonds is 1. The van der Waals surface area contributed by atoms with Crippen molar-refractivity contribution in [2.75, 3.05) is 18.0 Å². The Morgan fingerprint density at radius 2 is 1.82 bits per heavy atom. The predicted octanol–water partition coefficient (Wildman–Crippen LogP) is 3.30. The van der Waals surface area contributed by atoms with Crippen molar-refractivity contribution in [3.05, 3.63) is 30.1 Å². The fraction of sp³-hybridized carbons (Fsp3) is 0.412. The third kappa shape index (κ3) is 2.13. The highest BCUT2D eigenvalue weighted by atomic mass is 16.5. The van der Waals surface area contributed by atoms with E-state index in [9.17, 15) is 0 Å². The summed E-state index contributed by atoms with van der Waals surface area (Å²) >= 11 is 0. The summed E-state index contributed by atoms with van der Waals surface area (Å²) in [5, 5.41) is 1.04. The number of hydrogen-bond acceptors (Lipinski definition) is 5. The summed E-state index contributed by atoms with van der Waals surface area (Å²) < 4.78 is 11.9. The van der Waals surface area contributed by atoms with Crippen LogP contribution in [0.15, 0.2) is 28.7 Å². The Labute approximate surface area is 128 Å². The maximum atomic E-state index is 6.05. The number of nitrogens with zero attached hydrogens (tertiary/aromatic N) is 3. The minimum absolute atomic E-state index is 0.179. The molecule has 114 valence electrons. The minimum Gasteiger partial charge on any atom is -0.450 e. The molecule has 0 radical (unpaired) electrons. The molecule has 3 aromatic rings. The van der Waals surface area contributed by atoms with Gasteiger partial charge >= 0.3 is 0 Å². The van der Waals surface area contributed by atoms with E-state index in [0.29, 0.717) is 0 Å². The molecule has 22 heavy (non-hydrogen) atoms. The van der Waals surface area contributed by atoms with Crippen LogP contribution in [0.25, 0.3) is 22.1 Å². The van der Waals surface area contributed by atoms with Gasteiger partial charge in [0, 0.05) is 18.5 Å². The molecular weight excluding hydrogens is 278 g/mol. The summed E-state index contributed by atoms with van der Waals surface area (Å²) in [7, 11) is 0. The lowest BCUT2D eigenvalue weighted by Crippen LogP contribution is -2.46. The summed E-state index contributed by atoms with van der Waals surface area (Å²) in [5.74, 6) is 1.64. The highest BCUT2D eigenvalue weighted by Crippen LogP contribution is 2.33. The topological polar surface area (TPSA) is 51.4 Å². The number of hydrogen-bond donors (Lipinski definition) is 0. The van der Waals surface area contributed by atoms with E-state index in [1.54, 1.807) is 0 Å². The molecule has 2 atom stereocenters. The molecule has 0 bridgehead atoms. The molecule has 1 saturated heterocycles. The molecule has 0 saturated carbocycles. The lowest BCUT2D eigenvalue weighted by atomic mass is 10.2. The van der Waals surface area contributed by atoms with Gasteiger partial charge < -0.3 is 14.1 Å². The molecule has 0 unspecified atom stereocenters. The van der Waals surface area contributed by atoms with E-state index in [2.05, 4.69) is 28.7 Å². The summed E-state index contributed by atoms with van der Waals surface area (Å²) in [6, 6.07) is 8.00. The van der Waals surface area contributed by atoms with Gasteiger partial charge in [0.2, 0.25) is 0 Å². The first-order valence-electron chi connectivity index (χ1n) is 7.68. The number of aromatic nitrogens is 2. The highest BCUT2D eigenvalue weighted by molar-refractivity contribution is 6.05. The molecular formula is C17H19N3O2. The van der Waals surface area contributed by atoms with E-state index in [1.165, 1.54) is 0 Å². The van der Waals surface area contributed by atoms with Gasteiger partial charge in [-0.2, -0.15) is 0 Å². The molecule has 5 nitrogen and oxygen atoms in total. The van der Waals surface area contributed by atoms with E-state index in [-0.39, 0.29) is 12.2 Å². The van der Waals surface area contributed by atoms with Gasteiger partial charge in [-0.1, -0.05) is 12.1 Å². The van der Waals surface area contributed by atoms with Crippen LogP contribution in [0.4, 0.5) is 5.82 Å². The molecule has 1 fully saturated rings. The highest BCUT2D eigenvalue weighted by Gasteiger charge is 2.26. The maximum Gasteiger partial charge on any atom is 0.196 e. The smallest absolute Gasteiger partial charge is 0.196 e. The molecule has 1 aromatic carbocycles. The third-order valence-corrected chi connectivity index (χ3v) is 4.03. The number of aryl methyl sites for hydroxylation is 1. The van der Waals surface area contributed by atoms with Gasteiger partial charge in [-0.25, -0.2) is 9.97 Å². The second kappa shape index (κ2) is 4.95. The Balaban J connectivity index is 1.93. The molecule has 3 heterocycles. The van der Waals surface area contributed by atoms with Crippen molar-refractivity contribution in [2.24, 2.45) is 0 Å². The zero-order valence-electron chi connectivity index (χ0n) is 13.0. The third-order valence-electron chi connectivity index (χ3n) is 4.03. The molecule has 2 aromatic heterocycles. The molecule has 1 aliphatic heterocycles. The molecule has 1 aliphatic rings. The van der Waals surface area contributed by atoms with E-state index in [4.69, 9.17) is 9.15 Å². The first-order valence-corrected chi connectivity index (χ1v) is 7.68. The first kappa shape index (κ1) is 13.5. The van der Waals surface area contributed by atoms with E-state index in [0.717, 1.165) is 46.8 Å². The second-order valence-electron chi connectivity index (χ2n) is 6.03. The largest absolute Gasteiger partial charge is 0.450 e. The second-order valence-corrected chi connectivity index (χ2v) is 6.03. The van der Waals surface area contributed by atoms with Gasteiger partial charge in [0.05, 0.1) is 12.2 Å². The average molecular weight is 297 g/mol. The summed E-state index contributed by atoms with van der Waals surface area (Å²) in [6.07, 6.45) is 0.358. The molecule has 5 heteroatoms. The minimum atomic E-state index is 0.179. The number of para-hydroxylation sites is 1. The number of furan rings is 1. The van der Waals surface area contributed by atoms with Crippen molar-refractivity contribution in [1.29, 1.82) is 0 Å². The van der Waals surface area contributed by atoms with Gasteiger partial charge in [0.25, 0.3) is 0 Å². The normalized spacial score (nSPS) is 22.6. The molecule has 0 aliphatic carbocycles. The van der Waals surface area contributed by atoms with Crippen LogP contribution in [-0.4, -0.2) is 35.3 Å². The Bertz CT molecular complexity index is 832. The summed E-state index contributed by atoms with van der Waals surface area (Å²) in [6.45, 7) is 7.73. The molecule has 0 N–H and O–H groups in total. The van der Waals surface area contributed by atoms with Gasteiger partial charge in [-0.05, 0) is 32.9 Å². The van der Waals surface area contributed by atoms with Crippen LogP contribution in [0.5, 0.6) is 0 Å². The lowest BCUT2D eigenvalue weighted by Gasteiger charge is -2.35. The Kier molecular flexibility index (Phi) is 3.04. The van der Waals surface area contributed by atoms with Crippen molar-refractivity contribution < 1.29 is 9.15 Å². The first-order chi connectivity index (χ1) is 10.6. The molecule has 0 amide bonds. The van der Waals surface area contributed by atoms with Gasteiger partial charge in [0.15, 0.2) is 11.4 Å². The predicted molar refractivity (Wildman–Crippen MR) is 86.3 cm³/mol. The fourth-order valence-electron chi connectivity index (χ4n) is 3.25. The van der Waals surface area contributed by atoms with Crippen LogP contribution in [0.3, 0.4) is 0 Å². The van der Waals surface area contributed by atoms with Crippen LogP contribution in [0.2, 0.25) is 0 Å². The quantitative estimate of drug-likeness (QED) is 0.690. The van der Waals surface area contributed by atoms with E-state index in [1.807, 2.05) is 31.2 Å². The van der Waals surface area contributed by atoms with Crippen molar-refractivity contribution in [2.45, 2.75) is 33.0 Å². The monoisotopic (exact) mass is 297 g/mol. The van der Waals surface area contributed by atoms with Gasteiger partial charge in [-0.3, -0.25) is 0 Å². The Morgan fingerprint density at radius 3 is 2.59 bits per heavy atom. The molecule has 0 spiro atoms. The van der Waals surface area contributed by atoms with Crippen molar-refractivity contribution >= 4 is 27.9 Å². The average Bonchev–Trinajstić information content (AvgIpc) is 2.84. The van der Waals surface area contributed by atoms with Crippen molar-refractivity contribution in [3.63, 3.8) is 0 Å². The SMILES string of the molecule is Cc1nc(N2C[C@@H](C)O[C@H](C)C2)c2oc3ccccc3c2n1. The van der Waals surface area contributed by atoms with Crippen LogP contribution >= 0.6 is 0 Å². The summed E-state index contributed by atoms with van der Waals surface area (Å²) in [4.78, 5) is 11.5. The van der Waals surface area contributed by atoms with E-state index >= 15 is 0 Å². The lowest BCUT2D eigenvalue weighted by molar-refractivity contribution is -0.00542. The fourth-order valence-corrected chi connectivity index (χ4v) is 3.25. The van der Waals surface area contributed by atoms with Crippen LogP contribution in [0, 0.1) is 6.92 Å². The van der Waals surface area contributed by atoms with Crippen LogP contribution in [-0.2, 0) is 4.74 Å². The van der Waals surface area contributed by atoms with Gasteiger partial charge in [0.1, 0.15) is 16.9 Å². The maximum absolute atomic E-state index is 6.05. The number of anilines is 1. The number of benzene rings is 1. The Morgan fingerprint density at radius 1 is 1.09 bits per heavy atom. The zero-order chi connectivity index (χ0) is 15.3. The van der Waals surface area contributed by atoms with Crippen molar-refractivity contribution in [1.82, 2.24) is 9.97 Å².